The summed E-state index contributed by atoms with van der Waals surface area (Å²) in [6.45, 7) is 0.393. The highest BCUT2D eigenvalue weighted by molar-refractivity contribution is 6.06. The van der Waals surface area contributed by atoms with E-state index < -0.39 is 12.1 Å². The number of nitrogens with zero attached hydrogens (tertiary/aromatic N) is 1. The molecular weight excluding hydrogens is 498 g/mol. The van der Waals surface area contributed by atoms with Gasteiger partial charge in [-0.05, 0) is 65.7 Å². The Bertz CT molecular complexity index is 1440. The number of rotatable bonds is 10. The van der Waals surface area contributed by atoms with Crippen molar-refractivity contribution in [2.75, 3.05) is 18.8 Å². The maximum absolute atomic E-state index is 13.7. The van der Waals surface area contributed by atoms with Gasteiger partial charge in [0.05, 0.1) is 13.7 Å². The van der Waals surface area contributed by atoms with Crippen molar-refractivity contribution >= 4 is 17.6 Å². The van der Waals surface area contributed by atoms with Gasteiger partial charge in [0.2, 0.25) is 6.79 Å². The summed E-state index contributed by atoms with van der Waals surface area (Å²) < 4.78 is 21.9. The topological polar surface area (TPSA) is 94.5 Å². The zero-order valence-corrected chi connectivity index (χ0v) is 21.3. The van der Waals surface area contributed by atoms with E-state index in [4.69, 9.17) is 18.9 Å². The first-order valence-corrected chi connectivity index (χ1v) is 12.4. The number of aliphatic carboxylic acids is 1. The van der Waals surface area contributed by atoms with Gasteiger partial charge in [0, 0.05) is 17.7 Å². The smallest absolute Gasteiger partial charge is 0.345 e. The summed E-state index contributed by atoms with van der Waals surface area (Å²) in [5, 5.41) is 9.67. The first-order chi connectivity index (χ1) is 19.0. The van der Waals surface area contributed by atoms with Gasteiger partial charge in [0.1, 0.15) is 11.5 Å². The van der Waals surface area contributed by atoms with Gasteiger partial charge in [-0.2, -0.15) is 0 Å². The quantitative estimate of drug-likeness (QED) is 0.298. The van der Waals surface area contributed by atoms with E-state index in [0.717, 1.165) is 11.1 Å². The Morgan fingerprint density at radius 2 is 1.54 bits per heavy atom. The third kappa shape index (κ3) is 6.13. The molecule has 39 heavy (non-hydrogen) atoms. The van der Waals surface area contributed by atoms with Gasteiger partial charge in [0.25, 0.3) is 5.91 Å². The van der Waals surface area contributed by atoms with Crippen LogP contribution in [-0.2, 0) is 17.8 Å². The number of methoxy groups -OCH3 is 1. The number of hydrogen-bond acceptors (Lipinski definition) is 6. The second-order valence-electron chi connectivity index (χ2n) is 8.94. The van der Waals surface area contributed by atoms with Gasteiger partial charge in [0.15, 0.2) is 17.6 Å². The Morgan fingerprint density at radius 1 is 0.846 bits per heavy atom. The molecule has 8 heteroatoms. The summed E-state index contributed by atoms with van der Waals surface area (Å²) in [6, 6.07) is 28.8. The molecule has 1 aliphatic heterocycles. The fourth-order valence-corrected chi connectivity index (χ4v) is 4.26. The minimum absolute atomic E-state index is 0.123. The molecule has 0 saturated heterocycles. The van der Waals surface area contributed by atoms with Crippen molar-refractivity contribution in [2.24, 2.45) is 0 Å². The molecule has 198 valence electrons. The largest absolute Gasteiger partial charge is 0.497 e. The number of anilines is 1. The van der Waals surface area contributed by atoms with E-state index in [-0.39, 0.29) is 25.7 Å². The maximum Gasteiger partial charge on any atom is 0.345 e. The molecule has 0 spiro atoms. The molecule has 1 aliphatic rings. The molecule has 5 rings (SSSR count). The molecule has 1 amide bonds. The van der Waals surface area contributed by atoms with Gasteiger partial charge in [-0.1, -0.05) is 42.5 Å². The van der Waals surface area contributed by atoms with Crippen LogP contribution in [-0.4, -0.2) is 37.0 Å². The molecule has 4 aromatic rings. The molecule has 4 aromatic carbocycles. The molecule has 1 heterocycles. The molecule has 0 aliphatic carbocycles. The zero-order valence-electron chi connectivity index (χ0n) is 21.3. The first kappa shape index (κ1) is 25.7. The molecule has 8 nitrogen and oxygen atoms in total. The van der Waals surface area contributed by atoms with Gasteiger partial charge in [-0.3, -0.25) is 4.79 Å². The molecule has 0 fully saturated rings. The predicted molar refractivity (Wildman–Crippen MR) is 145 cm³/mol. The van der Waals surface area contributed by atoms with E-state index in [1.165, 1.54) is 0 Å². The average molecular weight is 526 g/mol. The number of carbonyl (C=O) groups is 2. The molecule has 0 saturated carbocycles. The normalized spacial score (nSPS) is 12.4. The van der Waals surface area contributed by atoms with E-state index >= 15 is 0 Å². The summed E-state index contributed by atoms with van der Waals surface area (Å²) in [7, 11) is 1.59. The lowest BCUT2D eigenvalue weighted by molar-refractivity contribution is -0.145. The van der Waals surface area contributed by atoms with Crippen LogP contribution in [0.5, 0.6) is 23.0 Å². The third-order valence-corrected chi connectivity index (χ3v) is 6.33. The van der Waals surface area contributed by atoms with Crippen LogP contribution in [0.4, 0.5) is 5.69 Å². The van der Waals surface area contributed by atoms with Crippen molar-refractivity contribution in [3.63, 3.8) is 0 Å². The minimum atomic E-state index is -1.04. The van der Waals surface area contributed by atoms with Gasteiger partial charge < -0.3 is 29.0 Å². The van der Waals surface area contributed by atoms with Gasteiger partial charge >= 0.3 is 5.97 Å². The molecule has 0 aromatic heterocycles. The molecule has 0 unspecified atom stereocenters. The first-order valence-electron chi connectivity index (χ1n) is 12.4. The van der Waals surface area contributed by atoms with Crippen molar-refractivity contribution in [2.45, 2.75) is 19.1 Å². The van der Waals surface area contributed by atoms with Crippen molar-refractivity contribution in [3.05, 3.63) is 114 Å². The molecule has 1 N–H and O–H groups in total. The van der Waals surface area contributed by atoms with Crippen molar-refractivity contribution in [3.8, 4) is 23.0 Å². The van der Waals surface area contributed by atoms with Crippen LogP contribution < -0.4 is 23.8 Å². The lowest BCUT2D eigenvalue weighted by Crippen LogP contribution is -2.30. The van der Waals surface area contributed by atoms with Crippen molar-refractivity contribution in [1.29, 1.82) is 0 Å². The fourth-order valence-electron chi connectivity index (χ4n) is 4.26. The van der Waals surface area contributed by atoms with E-state index in [9.17, 15) is 14.7 Å². The van der Waals surface area contributed by atoms with Gasteiger partial charge in [-0.25, -0.2) is 4.79 Å². The molecule has 1 atom stereocenters. The number of carboxylic acids is 1. The predicted octanol–water partition coefficient (Wildman–Crippen LogP) is 5.35. The Kier molecular flexibility index (Phi) is 7.63. The second-order valence-corrected chi connectivity index (χ2v) is 8.94. The van der Waals surface area contributed by atoms with Crippen LogP contribution in [0.1, 0.15) is 21.5 Å². The number of carbonyl (C=O) groups excluding carboxylic acids is 1. The van der Waals surface area contributed by atoms with Crippen molar-refractivity contribution in [1.82, 2.24) is 0 Å². The SMILES string of the molecule is COc1ccc(N(Cc2ccc(O[C@H](Cc3ccccc3)C(=O)O)cc2)C(=O)c2ccc3c(c2)OCO3)cc1. The van der Waals surface area contributed by atoms with E-state index in [1.54, 1.807) is 54.5 Å². The Labute approximate surface area is 225 Å². The van der Waals surface area contributed by atoms with Crippen LogP contribution in [0, 0.1) is 0 Å². The Balaban J connectivity index is 1.35. The van der Waals surface area contributed by atoms with Crippen molar-refractivity contribution < 1.29 is 33.6 Å². The number of benzene rings is 4. The molecular formula is C31H27NO7. The second kappa shape index (κ2) is 11.6. The van der Waals surface area contributed by atoms with Crippen LogP contribution in [0.2, 0.25) is 0 Å². The number of amides is 1. The number of carboxylic acid groups (broad SMARTS) is 1. The molecule has 0 radical (unpaired) electrons. The fraction of sp³-hybridized carbons (Fsp3) is 0.161. The summed E-state index contributed by atoms with van der Waals surface area (Å²) in [6.07, 6.45) is -0.783. The minimum Gasteiger partial charge on any atom is -0.497 e. The van der Waals surface area contributed by atoms with Gasteiger partial charge in [-0.15, -0.1) is 0 Å². The average Bonchev–Trinajstić information content (AvgIpc) is 3.45. The van der Waals surface area contributed by atoms with Crippen LogP contribution in [0.15, 0.2) is 97.1 Å². The lowest BCUT2D eigenvalue weighted by Gasteiger charge is -2.24. The summed E-state index contributed by atoms with van der Waals surface area (Å²) in [5.74, 6) is 0.987. The highest BCUT2D eigenvalue weighted by Crippen LogP contribution is 2.34. The zero-order chi connectivity index (χ0) is 27.2. The third-order valence-electron chi connectivity index (χ3n) is 6.33. The lowest BCUT2D eigenvalue weighted by atomic mass is 10.1. The summed E-state index contributed by atoms with van der Waals surface area (Å²) in [5.41, 5.74) is 2.86. The Hall–Kier alpha value is -4.98. The maximum atomic E-state index is 13.7. The van der Waals surface area contributed by atoms with E-state index in [2.05, 4.69) is 0 Å². The number of fused-ring (bicyclic) bond motifs is 1. The summed E-state index contributed by atoms with van der Waals surface area (Å²) in [4.78, 5) is 27.1. The Morgan fingerprint density at radius 3 is 2.23 bits per heavy atom. The van der Waals surface area contributed by atoms with Crippen LogP contribution >= 0.6 is 0 Å². The summed E-state index contributed by atoms with van der Waals surface area (Å²) >= 11 is 0. The number of ether oxygens (including phenoxy) is 4. The highest BCUT2D eigenvalue weighted by Gasteiger charge is 2.23. The standard InChI is InChI=1S/C31H27NO7/c1-36-25-14-10-24(11-15-25)32(30(33)23-9-16-27-28(18-23)38-20-37-27)19-22-7-12-26(13-8-22)39-29(31(34)35)17-21-5-3-2-4-6-21/h2-16,18,29H,17,19-20H2,1H3,(H,34,35)/t29-/m1/s1. The highest BCUT2D eigenvalue weighted by atomic mass is 16.7. The number of hydrogen-bond donors (Lipinski definition) is 1. The van der Waals surface area contributed by atoms with Crippen LogP contribution in [0.25, 0.3) is 0 Å². The monoisotopic (exact) mass is 525 g/mol. The van der Waals surface area contributed by atoms with E-state index in [0.29, 0.717) is 34.2 Å². The van der Waals surface area contributed by atoms with E-state index in [1.807, 2.05) is 54.6 Å². The molecule has 0 bridgehead atoms. The van der Waals surface area contributed by atoms with Crippen LogP contribution in [0.3, 0.4) is 0 Å².